The Labute approximate surface area is 90.9 Å². The molecule has 1 heterocycles. The van der Waals surface area contributed by atoms with Gasteiger partial charge in [-0.05, 0) is 12.0 Å². The fourth-order valence-electron chi connectivity index (χ4n) is 1.78. The lowest BCUT2D eigenvalue weighted by atomic mass is 10.1. The largest absolute Gasteiger partial charge is 0.346 e. The van der Waals surface area contributed by atoms with E-state index in [4.69, 9.17) is 0 Å². The fraction of sp³-hybridized carbons (Fsp3) is 0.231. The number of nitrogens with zero attached hydrogens (tertiary/aromatic N) is 1. The van der Waals surface area contributed by atoms with Crippen molar-refractivity contribution in [2.75, 3.05) is 6.54 Å². The maximum absolute atomic E-state index is 3.99. The van der Waals surface area contributed by atoms with Crippen LogP contribution in [0.1, 0.15) is 18.9 Å². The minimum atomic E-state index is 0.968. The van der Waals surface area contributed by atoms with Gasteiger partial charge in [0.05, 0.1) is 5.70 Å². The first-order valence-electron chi connectivity index (χ1n) is 5.31. The summed E-state index contributed by atoms with van der Waals surface area (Å²) in [6.45, 7) is 7.17. The molecule has 0 aromatic heterocycles. The minimum absolute atomic E-state index is 0.968. The molecule has 1 aromatic carbocycles. The topological polar surface area (TPSA) is 15.3 Å². The van der Waals surface area contributed by atoms with Crippen LogP contribution in [0.5, 0.6) is 0 Å². The Morgan fingerprint density at radius 1 is 1.27 bits per heavy atom. The molecule has 2 heteroatoms. The van der Waals surface area contributed by atoms with Crippen molar-refractivity contribution < 1.29 is 0 Å². The first-order valence-corrected chi connectivity index (χ1v) is 5.31. The van der Waals surface area contributed by atoms with Crippen molar-refractivity contribution in [1.82, 2.24) is 10.2 Å². The molecule has 15 heavy (non-hydrogen) atoms. The molecule has 1 aliphatic heterocycles. The van der Waals surface area contributed by atoms with Crippen LogP contribution in [0.25, 0.3) is 5.70 Å². The lowest BCUT2D eigenvalue weighted by Gasteiger charge is -2.21. The first-order chi connectivity index (χ1) is 7.33. The summed E-state index contributed by atoms with van der Waals surface area (Å²) in [5.74, 6) is 0.968. The molecule has 78 valence electrons. The normalized spacial score (nSPS) is 15.1. The molecule has 0 atom stereocenters. The molecule has 0 saturated carbocycles. The molecular formula is C13H16N2. The minimum Gasteiger partial charge on any atom is -0.346 e. The van der Waals surface area contributed by atoms with Crippen molar-refractivity contribution in [3.63, 3.8) is 0 Å². The molecule has 1 aromatic rings. The number of benzene rings is 1. The molecule has 1 N–H and O–H groups in total. The second kappa shape index (κ2) is 4.22. The van der Waals surface area contributed by atoms with E-state index in [1.807, 2.05) is 12.3 Å². The van der Waals surface area contributed by atoms with E-state index in [2.05, 4.69) is 48.0 Å². The second-order valence-corrected chi connectivity index (χ2v) is 3.64. The van der Waals surface area contributed by atoms with E-state index < -0.39 is 0 Å². The maximum Gasteiger partial charge on any atom is 0.102 e. The summed E-state index contributed by atoms with van der Waals surface area (Å²) < 4.78 is 0. The monoisotopic (exact) mass is 200 g/mol. The summed E-state index contributed by atoms with van der Waals surface area (Å²) in [5.41, 5.74) is 2.44. The van der Waals surface area contributed by atoms with Crippen molar-refractivity contribution in [2.24, 2.45) is 0 Å². The van der Waals surface area contributed by atoms with Gasteiger partial charge in [-0.25, -0.2) is 0 Å². The number of hydrogen-bond acceptors (Lipinski definition) is 2. The van der Waals surface area contributed by atoms with Crippen molar-refractivity contribution in [3.8, 4) is 0 Å². The highest BCUT2D eigenvalue weighted by Gasteiger charge is 2.18. The summed E-state index contributed by atoms with van der Waals surface area (Å²) in [5, 5.41) is 3.17. The third kappa shape index (κ3) is 1.89. The van der Waals surface area contributed by atoms with Crippen LogP contribution in [0.2, 0.25) is 0 Å². The van der Waals surface area contributed by atoms with Gasteiger partial charge >= 0.3 is 0 Å². The summed E-state index contributed by atoms with van der Waals surface area (Å²) in [6, 6.07) is 10.4. The standard InChI is InChI=1S/C13H16N2/c1-3-9-15-11(2)14-10-13(15)12-7-5-4-6-8-12/h4-8,10,14H,2-3,9H2,1H3. The molecule has 2 rings (SSSR count). The summed E-state index contributed by atoms with van der Waals surface area (Å²) in [6.07, 6.45) is 3.14. The zero-order valence-electron chi connectivity index (χ0n) is 9.03. The summed E-state index contributed by atoms with van der Waals surface area (Å²) in [4.78, 5) is 2.22. The van der Waals surface area contributed by atoms with E-state index in [-0.39, 0.29) is 0 Å². The molecule has 0 amide bonds. The SMILES string of the molecule is C=C1NC=C(c2ccccc2)N1CCC. The predicted octanol–water partition coefficient (Wildman–Crippen LogP) is 2.77. The van der Waals surface area contributed by atoms with Crippen molar-refractivity contribution >= 4 is 5.70 Å². The van der Waals surface area contributed by atoms with Crippen LogP contribution in [-0.4, -0.2) is 11.4 Å². The van der Waals surface area contributed by atoms with Crippen LogP contribution in [0.3, 0.4) is 0 Å². The smallest absolute Gasteiger partial charge is 0.102 e. The lowest BCUT2D eigenvalue weighted by Crippen LogP contribution is -2.21. The molecule has 0 spiro atoms. The Hall–Kier alpha value is -1.70. The molecule has 0 bridgehead atoms. The van der Waals surface area contributed by atoms with Gasteiger partial charge in [-0.1, -0.05) is 43.8 Å². The second-order valence-electron chi connectivity index (χ2n) is 3.64. The Morgan fingerprint density at radius 2 is 2.00 bits per heavy atom. The van der Waals surface area contributed by atoms with Crippen LogP contribution in [0, 0.1) is 0 Å². The first kappa shape index (κ1) is 9.84. The number of hydrogen-bond donors (Lipinski definition) is 1. The predicted molar refractivity (Wildman–Crippen MR) is 63.7 cm³/mol. The Kier molecular flexibility index (Phi) is 2.77. The molecule has 0 unspecified atom stereocenters. The van der Waals surface area contributed by atoms with Gasteiger partial charge in [0.15, 0.2) is 0 Å². The van der Waals surface area contributed by atoms with Crippen LogP contribution >= 0.6 is 0 Å². The molecule has 2 nitrogen and oxygen atoms in total. The van der Waals surface area contributed by atoms with Crippen molar-refractivity contribution in [2.45, 2.75) is 13.3 Å². The van der Waals surface area contributed by atoms with E-state index in [0.717, 1.165) is 18.8 Å². The Bertz CT molecular complexity index is 379. The average Bonchev–Trinajstić information content (AvgIpc) is 2.63. The quantitative estimate of drug-likeness (QED) is 0.807. The third-order valence-corrected chi connectivity index (χ3v) is 2.51. The summed E-state index contributed by atoms with van der Waals surface area (Å²) >= 11 is 0. The van der Waals surface area contributed by atoms with Gasteiger partial charge in [0.1, 0.15) is 5.82 Å². The van der Waals surface area contributed by atoms with Crippen molar-refractivity contribution in [1.29, 1.82) is 0 Å². The number of nitrogens with one attached hydrogen (secondary N) is 1. The third-order valence-electron chi connectivity index (χ3n) is 2.51. The maximum atomic E-state index is 3.99. The van der Waals surface area contributed by atoms with E-state index in [9.17, 15) is 0 Å². The van der Waals surface area contributed by atoms with Gasteiger partial charge < -0.3 is 10.2 Å². The zero-order chi connectivity index (χ0) is 10.7. The van der Waals surface area contributed by atoms with Gasteiger partial charge in [0, 0.05) is 12.7 Å². The molecule has 0 aliphatic carbocycles. The van der Waals surface area contributed by atoms with Crippen LogP contribution in [0.15, 0.2) is 48.9 Å². The van der Waals surface area contributed by atoms with E-state index in [1.165, 1.54) is 11.3 Å². The van der Waals surface area contributed by atoms with Crippen molar-refractivity contribution in [3.05, 3.63) is 54.5 Å². The molecule has 0 fully saturated rings. The van der Waals surface area contributed by atoms with E-state index >= 15 is 0 Å². The van der Waals surface area contributed by atoms with Gasteiger partial charge in [-0.2, -0.15) is 0 Å². The highest BCUT2D eigenvalue weighted by atomic mass is 15.3. The van der Waals surface area contributed by atoms with Gasteiger partial charge in [0.2, 0.25) is 0 Å². The lowest BCUT2D eigenvalue weighted by molar-refractivity contribution is 0.486. The highest BCUT2D eigenvalue weighted by Crippen LogP contribution is 2.25. The van der Waals surface area contributed by atoms with Gasteiger partial charge in [-0.3, -0.25) is 0 Å². The van der Waals surface area contributed by atoms with Crippen LogP contribution in [-0.2, 0) is 0 Å². The van der Waals surface area contributed by atoms with Gasteiger partial charge in [-0.15, -0.1) is 0 Å². The molecule has 1 aliphatic rings. The Morgan fingerprint density at radius 3 is 2.67 bits per heavy atom. The number of rotatable bonds is 3. The van der Waals surface area contributed by atoms with E-state index in [1.54, 1.807) is 0 Å². The summed E-state index contributed by atoms with van der Waals surface area (Å²) in [7, 11) is 0. The average molecular weight is 200 g/mol. The fourth-order valence-corrected chi connectivity index (χ4v) is 1.78. The zero-order valence-corrected chi connectivity index (χ0v) is 9.03. The molecule has 0 saturated heterocycles. The van der Waals surface area contributed by atoms with Gasteiger partial charge in [0.25, 0.3) is 0 Å². The van der Waals surface area contributed by atoms with Crippen LogP contribution in [0.4, 0.5) is 0 Å². The van der Waals surface area contributed by atoms with Crippen LogP contribution < -0.4 is 5.32 Å². The van der Waals surface area contributed by atoms with E-state index in [0.29, 0.717) is 0 Å². The molecular weight excluding hydrogens is 184 g/mol. The highest BCUT2D eigenvalue weighted by molar-refractivity contribution is 5.67. The Balaban J connectivity index is 2.26. The molecule has 0 radical (unpaired) electrons.